The van der Waals surface area contributed by atoms with E-state index in [9.17, 15) is 4.79 Å². The average molecular weight is 406 g/mol. The van der Waals surface area contributed by atoms with Crippen LogP contribution in [0.2, 0.25) is 5.02 Å². The molecule has 7 heteroatoms. The van der Waals surface area contributed by atoms with Gasteiger partial charge in [-0.3, -0.25) is 4.79 Å². The molecular weight excluding hydrogens is 390 g/mol. The summed E-state index contributed by atoms with van der Waals surface area (Å²) in [6.07, 6.45) is 0. The summed E-state index contributed by atoms with van der Waals surface area (Å²) in [6, 6.07) is 23.5. The number of nitrogens with one attached hydrogen (secondary N) is 1. The molecule has 0 saturated carbocycles. The van der Waals surface area contributed by atoms with Gasteiger partial charge in [-0.05, 0) is 60.7 Å². The lowest BCUT2D eigenvalue weighted by Gasteiger charge is -2.08. The van der Waals surface area contributed by atoms with E-state index >= 15 is 0 Å². The lowest BCUT2D eigenvalue weighted by Crippen LogP contribution is -2.20. The number of hydrogen-bond acceptors (Lipinski definition) is 5. The Balaban J connectivity index is 1.36. The van der Waals surface area contributed by atoms with E-state index in [0.29, 0.717) is 28.2 Å². The van der Waals surface area contributed by atoms with Gasteiger partial charge in [0.05, 0.1) is 0 Å². The number of halogens is 1. The van der Waals surface area contributed by atoms with Crippen molar-refractivity contribution in [3.05, 3.63) is 83.9 Å². The van der Waals surface area contributed by atoms with Crippen molar-refractivity contribution in [1.82, 2.24) is 10.2 Å². The zero-order valence-electron chi connectivity index (χ0n) is 15.2. The summed E-state index contributed by atoms with van der Waals surface area (Å²) in [5.74, 6) is 1.17. The summed E-state index contributed by atoms with van der Waals surface area (Å²) in [5, 5.41) is 11.6. The molecule has 144 valence electrons. The number of anilines is 1. The van der Waals surface area contributed by atoms with Gasteiger partial charge in [-0.2, -0.15) is 0 Å². The number of carbonyl (C=O) groups excluding carboxylic acids is 1. The number of carbonyl (C=O) groups is 1. The third-order valence-corrected chi connectivity index (χ3v) is 4.30. The number of benzene rings is 3. The van der Waals surface area contributed by atoms with Crippen molar-refractivity contribution in [1.29, 1.82) is 0 Å². The molecule has 0 bridgehead atoms. The molecule has 0 aliphatic rings. The maximum Gasteiger partial charge on any atom is 0.262 e. The number of hydrogen-bond donors (Lipinski definition) is 1. The molecule has 0 fully saturated rings. The van der Waals surface area contributed by atoms with Crippen LogP contribution in [0.1, 0.15) is 0 Å². The Kier molecular flexibility index (Phi) is 5.54. The second kappa shape index (κ2) is 8.58. The van der Waals surface area contributed by atoms with Crippen LogP contribution < -0.4 is 10.1 Å². The van der Waals surface area contributed by atoms with Crippen LogP contribution in [-0.4, -0.2) is 22.7 Å². The van der Waals surface area contributed by atoms with E-state index in [0.717, 1.165) is 11.1 Å². The number of nitrogens with zero attached hydrogens (tertiary/aromatic N) is 2. The van der Waals surface area contributed by atoms with Crippen molar-refractivity contribution in [2.45, 2.75) is 0 Å². The van der Waals surface area contributed by atoms with E-state index in [1.165, 1.54) is 0 Å². The van der Waals surface area contributed by atoms with Crippen molar-refractivity contribution in [2.24, 2.45) is 0 Å². The monoisotopic (exact) mass is 405 g/mol. The molecular formula is C22H16ClN3O3. The first kappa shape index (κ1) is 18.7. The molecule has 0 spiro atoms. The van der Waals surface area contributed by atoms with E-state index in [1.807, 2.05) is 30.3 Å². The molecule has 0 saturated heterocycles. The number of rotatable bonds is 6. The van der Waals surface area contributed by atoms with Gasteiger partial charge in [0.25, 0.3) is 5.91 Å². The van der Waals surface area contributed by atoms with Crippen LogP contribution in [0.25, 0.3) is 22.9 Å². The highest BCUT2D eigenvalue weighted by Crippen LogP contribution is 2.24. The first-order valence-electron chi connectivity index (χ1n) is 8.85. The molecule has 0 radical (unpaired) electrons. The highest BCUT2D eigenvalue weighted by molar-refractivity contribution is 6.30. The van der Waals surface area contributed by atoms with Gasteiger partial charge in [-0.25, -0.2) is 0 Å². The van der Waals surface area contributed by atoms with Gasteiger partial charge in [0, 0.05) is 21.8 Å². The van der Waals surface area contributed by atoms with E-state index in [-0.39, 0.29) is 12.5 Å². The Morgan fingerprint density at radius 2 is 1.48 bits per heavy atom. The number of ether oxygens (including phenoxy) is 1. The Labute approximate surface area is 172 Å². The smallest absolute Gasteiger partial charge is 0.262 e. The number of amides is 1. The zero-order valence-corrected chi connectivity index (χ0v) is 16.0. The van der Waals surface area contributed by atoms with Crippen molar-refractivity contribution >= 4 is 23.2 Å². The topological polar surface area (TPSA) is 77.2 Å². The molecule has 0 unspecified atom stereocenters. The standard InChI is InChI=1S/C22H16ClN3O3/c23-17-8-12-19(13-9-17)28-14-20(27)24-18-10-6-16(7-11-18)22-26-25-21(29-22)15-4-2-1-3-5-15/h1-13H,14H2,(H,24,27). The van der Waals surface area contributed by atoms with Gasteiger partial charge in [-0.1, -0.05) is 29.8 Å². The molecule has 4 aromatic rings. The quantitative estimate of drug-likeness (QED) is 0.484. The predicted molar refractivity (Wildman–Crippen MR) is 111 cm³/mol. The fourth-order valence-electron chi connectivity index (χ4n) is 2.61. The molecule has 4 rings (SSSR count). The predicted octanol–water partition coefficient (Wildman–Crippen LogP) is 5.07. The van der Waals surface area contributed by atoms with Crippen molar-refractivity contribution in [3.63, 3.8) is 0 Å². The van der Waals surface area contributed by atoms with Crippen molar-refractivity contribution in [3.8, 4) is 28.7 Å². The minimum atomic E-state index is -0.267. The van der Waals surface area contributed by atoms with Gasteiger partial charge in [-0.15, -0.1) is 10.2 Å². The lowest BCUT2D eigenvalue weighted by atomic mass is 10.2. The second-order valence-corrected chi connectivity index (χ2v) is 6.58. The molecule has 29 heavy (non-hydrogen) atoms. The lowest BCUT2D eigenvalue weighted by molar-refractivity contribution is -0.118. The molecule has 0 atom stereocenters. The number of aromatic nitrogens is 2. The van der Waals surface area contributed by atoms with Crippen LogP contribution >= 0.6 is 11.6 Å². The van der Waals surface area contributed by atoms with E-state index in [1.54, 1.807) is 48.5 Å². The molecule has 1 heterocycles. The maximum atomic E-state index is 12.1. The molecule has 1 N–H and O–H groups in total. The van der Waals surface area contributed by atoms with Crippen LogP contribution in [0.15, 0.2) is 83.3 Å². The minimum Gasteiger partial charge on any atom is -0.484 e. The van der Waals surface area contributed by atoms with Gasteiger partial charge in [0.2, 0.25) is 11.8 Å². The minimum absolute atomic E-state index is 0.104. The van der Waals surface area contributed by atoms with Crippen molar-refractivity contribution in [2.75, 3.05) is 11.9 Å². The Morgan fingerprint density at radius 3 is 2.14 bits per heavy atom. The summed E-state index contributed by atoms with van der Waals surface area (Å²) >= 11 is 5.82. The van der Waals surface area contributed by atoms with Gasteiger partial charge in [0.15, 0.2) is 6.61 Å². The summed E-state index contributed by atoms with van der Waals surface area (Å²) in [4.78, 5) is 12.1. The largest absolute Gasteiger partial charge is 0.484 e. The summed E-state index contributed by atoms with van der Waals surface area (Å²) in [7, 11) is 0. The third-order valence-electron chi connectivity index (χ3n) is 4.04. The molecule has 6 nitrogen and oxygen atoms in total. The van der Waals surface area contributed by atoms with Gasteiger partial charge >= 0.3 is 0 Å². The van der Waals surface area contributed by atoms with Gasteiger partial charge < -0.3 is 14.5 Å². The molecule has 0 aliphatic carbocycles. The highest BCUT2D eigenvalue weighted by Gasteiger charge is 2.11. The first-order valence-corrected chi connectivity index (χ1v) is 9.23. The first-order chi connectivity index (χ1) is 14.2. The average Bonchev–Trinajstić information content (AvgIpc) is 3.25. The fraction of sp³-hybridized carbons (Fsp3) is 0.0455. The van der Waals surface area contributed by atoms with Crippen LogP contribution in [0.5, 0.6) is 5.75 Å². The van der Waals surface area contributed by atoms with E-state index < -0.39 is 0 Å². The third kappa shape index (κ3) is 4.80. The van der Waals surface area contributed by atoms with Gasteiger partial charge in [0.1, 0.15) is 5.75 Å². The van der Waals surface area contributed by atoms with Crippen LogP contribution in [0.3, 0.4) is 0 Å². The SMILES string of the molecule is O=C(COc1ccc(Cl)cc1)Nc1ccc(-c2nnc(-c3ccccc3)o2)cc1. The maximum absolute atomic E-state index is 12.1. The summed E-state index contributed by atoms with van der Waals surface area (Å²) in [6.45, 7) is -0.104. The molecule has 1 aromatic heterocycles. The fourth-order valence-corrected chi connectivity index (χ4v) is 2.74. The Morgan fingerprint density at radius 1 is 0.862 bits per heavy atom. The van der Waals surface area contributed by atoms with E-state index in [2.05, 4.69) is 15.5 Å². The molecule has 0 aliphatic heterocycles. The second-order valence-electron chi connectivity index (χ2n) is 6.15. The molecule has 1 amide bonds. The zero-order chi connectivity index (χ0) is 20.1. The Hall–Kier alpha value is -3.64. The van der Waals surface area contributed by atoms with Crippen LogP contribution in [0.4, 0.5) is 5.69 Å². The molecule has 3 aromatic carbocycles. The van der Waals surface area contributed by atoms with Crippen LogP contribution in [0, 0.1) is 0 Å². The highest BCUT2D eigenvalue weighted by atomic mass is 35.5. The Bertz CT molecular complexity index is 1090. The van der Waals surface area contributed by atoms with Crippen molar-refractivity contribution < 1.29 is 13.9 Å². The van der Waals surface area contributed by atoms with E-state index in [4.69, 9.17) is 20.8 Å². The van der Waals surface area contributed by atoms with Crippen LogP contribution in [-0.2, 0) is 4.79 Å². The normalized spacial score (nSPS) is 10.5. The summed E-state index contributed by atoms with van der Waals surface area (Å²) < 4.78 is 11.2. The summed E-state index contributed by atoms with van der Waals surface area (Å²) in [5.41, 5.74) is 2.26.